The van der Waals surface area contributed by atoms with Crippen LogP contribution >= 0.6 is 0 Å². The van der Waals surface area contributed by atoms with Crippen molar-refractivity contribution in [2.75, 3.05) is 11.9 Å². The first-order valence-corrected chi connectivity index (χ1v) is 6.82. The molecule has 1 aliphatic rings. The molecule has 0 spiro atoms. The second-order valence-corrected chi connectivity index (χ2v) is 5.40. The van der Waals surface area contributed by atoms with Crippen LogP contribution in [0.5, 0.6) is 0 Å². The van der Waals surface area contributed by atoms with Crippen molar-refractivity contribution in [1.29, 1.82) is 0 Å². The van der Waals surface area contributed by atoms with Crippen molar-refractivity contribution in [2.45, 2.75) is 44.6 Å². The number of furan rings is 1. The monoisotopic (exact) mass is 267 g/mol. The molecule has 3 N–H and O–H groups in total. The van der Waals surface area contributed by atoms with Gasteiger partial charge in [-0.05, 0) is 37.7 Å². The second kappa shape index (κ2) is 5.65. The van der Waals surface area contributed by atoms with Gasteiger partial charge in [-0.1, -0.05) is 13.3 Å². The third-order valence-electron chi connectivity index (χ3n) is 4.02. The third kappa shape index (κ3) is 3.50. The zero-order valence-corrected chi connectivity index (χ0v) is 11.2. The Morgan fingerprint density at radius 2 is 2.16 bits per heavy atom. The van der Waals surface area contributed by atoms with Crippen LogP contribution in [-0.4, -0.2) is 28.3 Å². The van der Waals surface area contributed by atoms with E-state index in [1.807, 2.05) is 0 Å². The summed E-state index contributed by atoms with van der Waals surface area (Å²) in [7, 11) is 0. The van der Waals surface area contributed by atoms with Gasteiger partial charge in [-0.3, -0.25) is 0 Å². The molecule has 0 saturated heterocycles. The van der Waals surface area contributed by atoms with Crippen molar-refractivity contribution in [2.24, 2.45) is 5.92 Å². The van der Waals surface area contributed by atoms with E-state index in [1.165, 1.54) is 12.5 Å². The minimum atomic E-state index is -1.09. The van der Waals surface area contributed by atoms with E-state index in [0.29, 0.717) is 12.4 Å². The molecule has 1 saturated carbocycles. The minimum absolute atomic E-state index is 0.0934. The number of carboxylic acid groups (broad SMARTS) is 1. The van der Waals surface area contributed by atoms with Crippen LogP contribution in [0.25, 0.3) is 0 Å². The first kappa shape index (κ1) is 13.9. The Bertz CT molecular complexity index is 432. The Morgan fingerprint density at radius 1 is 1.47 bits per heavy atom. The van der Waals surface area contributed by atoms with Crippen LogP contribution in [0.4, 0.5) is 5.88 Å². The van der Waals surface area contributed by atoms with Gasteiger partial charge in [0, 0.05) is 12.6 Å². The maximum Gasteiger partial charge on any atom is 0.371 e. The number of aliphatic hydroxyl groups is 1. The van der Waals surface area contributed by atoms with Crippen LogP contribution in [0, 0.1) is 5.92 Å². The van der Waals surface area contributed by atoms with E-state index in [2.05, 4.69) is 12.2 Å². The fourth-order valence-electron chi connectivity index (χ4n) is 2.60. The maximum absolute atomic E-state index is 10.7. The van der Waals surface area contributed by atoms with Gasteiger partial charge in [0.25, 0.3) is 0 Å². The molecule has 0 aliphatic heterocycles. The van der Waals surface area contributed by atoms with E-state index < -0.39 is 11.6 Å². The number of hydrogen-bond acceptors (Lipinski definition) is 4. The zero-order valence-electron chi connectivity index (χ0n) is 11.2. The van der Waals surface area contributed by atoms with Gasteiger partial charge in [0.15, 0.2) is 5.88 Å². The van der Waals surface area contributed by atoms with Gasteiger partial charge < -0.3 is 19.9 Å². The smallest absolute Gasteiger partial charge is 0.371 e. The lowest BCUT2D eigenvalue weighted by atomic mass is 9.78. The lowest BCUT2D eigenvalue weighted by Gasteiger charge is -2.35. The molecule has 0 unspecified atom stereocenters. The van der Waals surface area contributed by atoms with Crippen molar-refractivity contribution in [3.63, 3.8) is 0 Å². The van der Waals surface area contributed by atoms with Crippen LogP contribution in [0.2, 0.25) is 0 Å². The van der Waals surface area contributed by atoms with Gasteiger partial charge in [-0.25, -0.2) is 4.79 Å². The predicted molar refractivity (Wildman–Crippen MR) is 71.4 cm³/mol. The SMILES string of the molecule is CCC1CCC(O)(CNc2ccc(C(=O)O)o2)CC1. The molecule has 1 aliphatic carbocycles. The summed E-state index contributed by atoms with van der Waals surface area (Å²) in [4.78, 5) is 10.7. The Balaban J connectivity index is 1.86. The van der Waals surface area contributed by atoms with E-state index >= 15 is 0 Å². The molecule has 1 heterocycles. The van der Waals surface area contributed by atoms with Crippen molar-refractivity contribution in [3.05, 3.63) is 17.9 Å². The van der Waals surface area contributed by atoms with Crippen molar-refractivity contribution < 1.29 is 19.4 Å². The molecule has 0 radical (unpaired) electrons. The summed E-state index contributed by atoms with van der Waals surface area (Å²) < 4.78 is 5.10. The first-order chi connectivity index (χ1) is 9.02. The fraction of sp³-hybridized carbons (Fsp3) is 0.643. The van der Waals surface area contributed by atoms with E-state index in [4.69, 9.17) is 9.52 Å². The Morgan fingerprint density at radius 3 is 2.68 bits per heavy atom. The van der Waals surface area contributed by atoms with E-state index in [1.54, 1.807) is 6.07 Å². The van der Waals surface area contributed by atoms with Crippen LogP contribution in [0.1, 0.15) is 49.6 Å². The van der Waals surface area contributed by atoms with Crippen LogP contribution < -0.4 is 5.32 Å². The van der Waals surface area contributed by atoms with Crippen LogP contribution in [0.3, 0.4) is 0 Å². The Labute approximate surface area is 112 Å². The largest absolute Gasteiger partial charge is 0.475 e. The van der Waals surface area contributed by atoms with Crippen molar-refractivity contribution in [1.82, 2.24) is 0 Å². The molecule has 0 aromatic carbocycles. The van der Waals surface area contributed by atoms with Gasteiger partial charge in [0.05, 0.1) is 5.60 Å². The molecule has 5 nitrogen and oxygen atoms in total. The number of carboxylic acids is 1. The molecule has 19 heavy (non-hydrogen) atoms. The second-order valence-electron chi connectivity index (χ2n) is 5.40. The van der Waals surface area contributed by atoms with Gasteiger partial charge >= 0.3 is 5.97 Å². The van der Waals surface area contributed by atoms with E-state index in [9.17, 15) is 9.90 Å². The molecule has 5 heteroatoms. The number of anilines is 1. The van der Waals surface area contributed by atoms with Gasteiger partial charge in [-0.15, -0.1) is 0 Å². The molecule has 0 atom stereocenters. The quantitative estimate of drug-likeness (QED) is 0.764. The highest BCUT2D eigenvalue weighted by molar-refractivity contribution is 5.84. The Kier molecular flexibility index (Phi) is 4.14. The summed E-state index contributed by atoms with van der Waals surface area (Å²) in [6.07, 6.45) is 4.83. The number of hydrogen-bond donors (Lipinski definition) is 3. The molecule has 106 valence electrons. The van der Waals surface area contributed by atoms with Crippen molar-refractivity contribution >= 4 is 11.9 Å². The average Bonchev–Trinajstić information content (AvgIpc) is 2.87. The number of nitrogens with one attached hydrogen (secondary N) is 1. The molecule has 1 aromatic heterocycles. The fourth-order valence-corrected chi connectivity index (χ4v) is 2.60. The highest BCUT2D eigenvalue weighted by Crippen LogP contribution is 2.33. The first-order valence-electron chi connectivity index (χ1n) is 6.82. The number of carbonyl (C=O) groups is 1. The molecule has 0 amide bonds. The van der Waals surface area contributed by atoms with Gasteiger partial charge in [0.1, 0.15) is 0 Å². The lowest BCUT2D eigenvalue weighted by molar-refractivity contribution is 0.00197. The van der Waals surface area contributed by atoms with Crippen molar-refractivity contribution in [3.8, 4) is 0 Å². The summed E-state index contributed by atoms with van der Waals surface area (Å²) in [6.45, 7) is 2.58. The van der Waals surface area contributed by atoms with Gasteiger partial charge in [0.2, 0.25) is 5.76 Å². The highest BCUT2D eigenvalue weighted by Gasteiger charge is 2.32. The summed E-state index contributed by atoms with van der Waals surface area (Å²) >= 11 is 0. The molecular formula is C14H21NO4. The molecular weight excluding hydrogens is 246 g/mol. The zero-order chi connectivity index (χ0) is 13.9. The number of aromatic carboxylic acids is 1. The predicted octanol–water partition coefficient (Wildman–Crippen LogP) is 2.72. The lowest BCUT2D eigenvalue weighted by Crippen LogP contribution is -2.40. The van der Waals surface area contributed by atoms with E-state index in [0.717, 1.165) is 31.6 Å². The van der Waals surface area contributed by atoms with Crippen LogP contribution in [-0.2, 0) is 0 Å². The molecule has 1 fully saturated rings. The summed E-state index contributed by atoms with van der Waals surface area (Å²) in [5, 5.41) is 22.2. The summed E-state index contributed by atoms with van der Waals surface area (Å²) in [5.41, 5.74) is -0.707. The Hall–Kier alpha value is -1.49. The van der Waals surface area contributed by atoms with Gasteiger partial charge in [-0.2, -0.15) is 0 Å². The van der Waals surface area contributed by atoms with E-state index in [-0.39, 0.29) is 5.76 Å². The maximum atomic E-state index is 10.7. The molecule has 2 rings (SSSR count). The topological polar surface area (TPSA) is 82.7 Å². The normalized spacial score (nSPS) is 27.2. The standard InChI is InChI=1S/C14H21NO4/c1-2-10-5-7-14(18,8-6-10)9-15-12-4-3-11(19-12)13(16)17/h3-4,10,15,18H,2,5-9H2,1H3,(H,16,17). The highest BCUT2D eigenvalue weighted by atomic mass is 16.4. The minimum Gasteiger partial charge on any atom is -0.475 e. The summed E-state index contributed by atoms with van der Waals surface area (Å²) in [6, 6.07) is 2.98. The molecule has 0 bridgehead atoms. The molecule has 1 aromatic rings. The number of rotatable bonds is 5. The van der Waals surface area contributed by atoms with Crippen LogP contribution in [0.15, 0.2) is 16.5 Å². The average molecular weight is 267 g/mol. The third-order valence-corrected chi connectivity index (χ3v) is 4.02. The summed E-state index contributed by atoms with van der Waals surface area (Å²) in [5.74, 6) is -0.0645.